The van der Waals surface area contributed by atoms with E-state index in [-0.39, 0.29) is 18.2 Å². The molecule has 21 heavy (non-hydrogen) atoms. The average molecular weight is 293 g/mol. The van der Waals surface area contributed by atoms with Crippen LogP contribution in [-0.2, 0) is 16.1 Å². The second-order valence-electron chi connectivity index (χ2n) is 5.31. The highest BCUT2D eigenvalue weighted by Crippen LogP contribution is 2.11. The van der Waals surface area contributed by atoms with Gasteiger partial charge in [0.15, 0.2) is 0 Å². The summed E-state index contributed by atoms with van der Waals surface area (Å²) >= 11 is 0. The van der Waals surface area contributed by atoms with Crippen LogP contribution in [0.15, 0.2) is 12.4 Å². The van der Waals surface area contributed by atoms with Gasteiger partial charge in [0.25, 0.3) is 0 Å². The van der Waals surface area contributed by atoms with E-state index in [1.54, 1.807) is 17.1 Å². The Hall–Kier alpha value is -1.92. The molecule has 7 heteroatoms. The lowest BCUT2D eigenvalue weighted by Gasteiger charge is -2.20. The number of hydrogen-bond donors (Lipinski definition) is 1. The van der Waals surface area contributed by atoms with E-state index in [0.29, 0.717) is 19.5 Å². The molecule has 2 rings (SSSR count). The molecule has 0 unspecified atom stereocenters. The van der Waals surface area contributed by atoms with Crippen LogP contribution < -0.4 is 5.32 Å². The SMILES string of the molecule is O=C(CCC(=O)N1CCCCCC1)NCCn1ccnn1. The largest absolute Gasteiger partial charge is 0.354 e. The third kappa shape index (κ3) is 5.53. The van der Waals surface area contributed by atoms with Gasteiger partial charge in [-0.2, -0.15) is 0 Å². The van der Waals surface area contributed by atoms with Crippen LogP contribution in [-0.4, -0.2) is 51.3 Å². The summed E-state index contributed by atoms with van der Waals surface area (Å²) in [6, 6.07) is 0. The molecule has 0 aliphatic carbocycles. The number of rotatable bonds is 6. The Morgan fingerprint density at radius 1 is 1.10 bits per heavy atom. The summed E-state index contributed by atoms with van der Waals surface area (Å²) in [4.78, 5) is 25.6. The first-order valence-corrected chi connectivity index (χ1v) is 7.64. The van der Waals surface area contributed by atoms with Gasteiger partial charge in [-0.15, -0.1) is 5.10 Å². The first-order chi connectivity index (χ1) is 10.3. The van der Waals surface area contributed by atoms with Crippen molar-refractivity contribution in [1.29, 1.82) is 0 Å². The second kappa shape index (κ2) is 8.39. The normalized spacial score (nSPS) is 15.5. The molecule has 116 valence electrons. The summed E-state index contributed by atoms with van der Waals surface area (Å²) in [6.45, 7) is 2.77. The first-order valence-electron chi connectivity index (χ1n) is 7.64. The monoisotopic (exact) mass is 293 g/mol. The van der Waals surface area contributed by atoms with Crippen molar-refractivity contribution >= 4 is 11.8 Å². The molecule has 1 saturated heterocycles. The smallest absolute Gasteiger partial charge is 0.223 e. The summed E-state index contributed by atoms with van der Waals surface area (Å²) in [5.74, 6) is 0.0154. The highest BCUT2D eigenvalue weighted by atomic mass is 16.2. The number of nitrogens with zero attached hydrogens (tertiary/aromatic N) is 4. The van der Waals surface area contributed by atoms with Crippen molar-refractivity contribution in [2.75, 3.05) is 19.6 Å². The first kappa shape index (κ1) is 15.5. The minimum atomic E-state index is -0.0849. The molecule has 1 aliphatic rings. The van der Waals surface area contributed by atoms with Gasteiger partial charge in [-0.3, -0.25) is 14.3 Å². The van der Waals surface area contributed by atoms with E-state index in [4.69, 9.17) is 0 Å². The molecule has 1 aliphatic heterocycles. The van der Waals surface area contributed by atoms with Gasteiger partial charge in [0.2, 0.25) is 11.8 Å². The molecule has 1 aromatic rings. The van der Waals surface area contributed by atoms with Gasteiger partial charge >= 0.3 is 0 Å². The Morgan fingerprint density at radius 2 is 1.86 bits per heavy atom. The van der Waals surface area contributed by atoms with E-state index in [1.807, 2.05) is 4.90 Å². The summed E-state index contributed by atoms with van der Waals surface area (Å²) in [7, 11) is 0. The lowest BCUT2D eigenvalue weighted by atomic mass is 10.2. The van der Waals surface area contributed by atoms with Crippen molar-refractivity contribution in [3.63, 3.8) is 0 Å². The molecular formula is C14H23N5O2. The lowest BCUT2D eigenvalue weighted by Crippen LogP contribution is -2.33. The zero-order chi connectivity index (χ0) is 14.9. The van der Waals surface area contributed by atoms with Crippen molar-refractivity contribution in [3.8, 4) is 0 Å². The highest BCUT2D eigenvalue weighted by molar-refractivity contribution is 5.83. The molecule has 0 atom stereocenters. The molecule has 2 amide bonds. The molecule has 0 radical (unpaired) electrons. The Balaban J connectivity index is 1.60. The van der Waals surface area contributed by atoms with Gasteiger partial charge in [0, 0.05) is 38.7 Å². The zero-order valence-electron chi connectivity index (χ0n) is 12.3. The predicted molar refractivity (Wildman–Crippen MR) is 77.3 cm³/mol. The fraction of sp³-hybridized carbons (Fsp3) is 0.714. The van der Waals surface area contributed by atoms with Crippen LogP contribution in [0.3, 0.4) is 0 Å². The van der Waals surface area contributed by atoms with E-state index in [9.17, 15) is 9.59 Å². The van der Waals surface area contributed by atoms with E-state index in [2.05, 4.69) is 15.6 Å². The van der Waals surface area contributed by atoms with Crippen molar-refractivity contribution in [2.45, 2.75) is 45.1 Å². The molecular weight excluding hydrogens is 270 g/mol. The van der Waals surface area contributed by atoms with Crippen LogP contribution in [0.5, 0.6) is 0 Å². The Bertz CT molecular complexity index is 438. The van der Waals surface area contributed by atoms with Crippen LogP contribution in [0.1, 0.15) is 38.5 Å². The van der Waals surface area contributed by atoms with Gasteiger partial charge in [0.1, 0.15) is 0 Å². The minimum Gasteiger partial charge on any atom is -0.354 e. The topological polar surface area (TPSA) is 80.1 Å². The van der Waals surface area contributed by atoms with Gasteiger partial charge in [-0.05, 0) is 12.8 Å². The number of aromatic nitrogens is 3. The van der Waals surface area contributed by atoms with Crippen molar-refractivity contribution in [1.82, 2.24) is 25.2 Å². The third-order valence-electron chi connectivity index (χ3n) is 3.66. The third-order valence-corrected chi connectivity index (χ3v) is 3.66. The molecule has 1 fully saturated rings. The quantitative estimate of drug-likeness (QED) is 0.832. The maximum atomic E-state index is 12.0. The van der Waals surface area contributed by atoms with Gasteiger partial charge in [-0.1, -0.05) is 18.1 Å². The second-order valence-corrected chi connectivity index (χ2v) is 5.31. The molecule has 0 spiro atoms. The number of likely N-dealkylation sites (tertiary alicyclic amines) is 1. The summed E-state index contributed by atoms with van der Waals surface area (Å²) in [5, 5.41) is 10.3. The van der Waals surface area contributed by atoms with Crippen LogP contribution in [0.4, 0.5) is 0 Å². The van der Waals surface area contributed by atoms with Gasteiger partial charge in [-0.25, -0.2) is 0 Å². The van der Waals surface area contributed by atoms with Crippen molar-refractivity contribution < 1.29 is 9.59 Å². The molecule has 1 aromatic heterocycles. The number of carbonyl (C=O) groups excluding carboxylic acids is 2. The Kier molecular flexibility index (Phi) is 6.18. The predicted octanol–water partition coefficient (Wildman–Crippen LogP) is 0.577. The Morgan fingerprint density at radius 3 is 2.52 bits per heavy atom. The summed E-state index contributed by atoms with van der Waals surface area (Å²) in [6.07, 6.45) is 8.46. The van der Waals surface area contributed by atoms with Crippen LogP contribution >= 0.6 is 0 Å². The Labute approximate surface area is 124 Å². The van der Waals surface area contributed by atoms with Gasteiger partial charge in [0.05, 0.1) is 12.7 Å². The van der Waals surface area contributed by atoms with E-state index < -0.39 is 0 Å². The summed E-state index contributed by atoms with van der Waals surface area (Å²) in [5.41, 5.74) is 0. The number of nitrogens with one attached hydrogen (secondary N) is 1. The number of amides is 2. The maximum absolute atomic E-state index is 12.0. The van der Waals surface area contributed by atoms with E-state index >= 15 is 0 Å². The van der Waals surface area contributed by atoms with Crippen LogP contribution in [0.25, 0.3) is 0 Å². The lowest BCUT2D eigenvalue weighted by molar-refractivity contribution is -0.133. The van der Waals surface area contributed by atoms with Gasteiger partial charge < -0.3 is 10.2 Å². The average Bonchev–Trinajstić information content (AvgIpc) is 2.85. The van der Waals surface area contributed by atoms with Crippen LogP contribution in [0, 0.1) is 0 Å². The fourth-order valence-electron chi connectivity index (χ4n) is 2.45. The molecule has 0 saturated carbocycles. The molecule has 0 bridgehead atoms. The molecule has 2 heterocycles. The number of hydrogen-bond acceptors (Lipinski definition) is 4. The fourth-order valence-corrected chi connectivity index (χ4v) is 2.45. The van der Waals surface area contributed by atoms with Crippen molar-refractivity contribution in [2.24, 2.45) is 0 Å². The number of carbonyl (C=O) groups is 2. The summed E-state index contributed by atoms with van der Waals surface area (Å²) < 4.78 is 1.66. The molecule has 1 N–H and O–H groups in total. The molecule has 0 aromatic carbocycles. The van der Waals surface area contributed by atoms with E-state index in [0.717, 1.165) is 25.9 Å². The van der Waals surface area contributed by atoms with Crippen molar-refractivity contribution in [3.05, 3.63) is 12.4 Å². The van der Waals surface area contributed by atoms with Crippen LogP contribution in [0.2, 0.25) is 0 Å². The maximum Gasteiger partial charge on any atom is 0.223 e. The highest BCUT2D eigenvalue weighted by Gasteiger charge is 2.16. The minimum absolute atomic E-state index is 0.0849. The zero-order valence-corrected chi connectivity index (χ0v) is 12.3. The van der Waals surface area contributed by atoms with E-state index in [1.165, 1.54) is 12.8 Å². The standard InChI is InChI=1S/C14H23N5O2/c20-13(15-7-11-19-12-8-16-17-19)5-6-14(21)18-9-3-1-2-4-10-18/h8,12H,1-7,9-11H2,(H,15,20). The molecule has 7 nitrogen and oxygen atoms in total.